The number of hydrogen-bond acceptors (Lipinski definition) is 7. The molecule has 2 rings (SSSR count). The van der Waals surface area contributed by atoms with Gasteiger partial charge in [0.2, 0.25) is 12.7 Å². The van der Waals surface area contributed by atoms with Gasteiger partial charge in [-0.15, -0.1) is 0 Å². The third-order valence-corrected chi connectivity index (χ3v) is 4.28. The van der Waals surface area contributed by atoms with Crippen molar-refractivity contribution in [1.82, 2.24) is 4.90 Å². The molecule has 8 nitrogen and oxygen atoms in total. The predicted octanol–water partition coefficient (Wildman–Crippen LogP) is -0.0673. The molecule has 2 aliphatic rings. The fourth-order valence-electron chi connectivity index (χ4n) is 2.89. The second-order valence-corrected chi connectivity index (χ2v) is 7.17. The first-order chi connectivity index (χ1) is 11.0. The maximum Gasteiger partial charge on any atom is 0.357 e. The Bertz CT molecular complexity index is 602. The van der Waals surface area contributed by atoms with Crippen LogP contribution in [0.15, 0.2) is 11.3 Å². The van der Waals surface area contributed by atoms with Gasteiger partial charge in [0.15, 0.2) is 0 Å². The molecule has 2 heterocycles. The molecule has 4 atom stereocenters. The first kappa shape index (κ1) is 18.4. The molecule has 24 heavy (non-hydrogen) atoms. The molecule has 0 aromatic carbocycles. The number of hydrogen-bond donors (Lipinski definition) is 2. The van der Waals surface area contributed by atoms with Crippen molar-refractivity contribution in [3.05, 3.63) is 11.3 Å². The van der Waals surface area contributed by atoms with Gasteiger partial charge < -0.3 is 19.7 Å². The monoisotopic (exact) mass is 341 g/mol. The third kappa shape index (κ3) is 2.91. The number of carbonyl (C=O) groups excluding carboxylic acids is 3. The summed E-state index contributed by atoms with van der Waals surface area (Å²) in [4.78, 5) is 37.1. The normalized spacial score (nSPS) is 27.5. The van der Waals surface area contributed by atoms with E-state index in [-0.39, 0.29) is 5.70 Å². The molecule has 0 saturated carbocycles. The van der Waals surface area contributed by atoms with Crippen molar-refractivity contribution < 1.29 is 34.1 Å². The smallest absolute Gasteiger partial charge is 0.357 e. The quantitative estimate of drug-likeness (QED) is 0.418. The first-order valence-electron chi connectivity index (χ1n) is 7.72. The maximum atomic E-state index is 12.2. The highest BCUT2D eigenvalue weighted by atomic mass is 16.7. The summed E-state index contributed by atoms with van der Waals surface area (Å²) in [5, 5.41) is 19.9. The van der Waals surface area contributed by atoms with Crippen LogP contribution in [-0.2, 0) is 23.9 Å². The van der Waals surface area contributed by atoms with Gasteiger partial charge in [-0.25, -0.2) is 4.79 Å². The van der Waals surface area contributed by atoms with E-state index in [1.54, 1.807) is 20.8 Å². The standard InChI is InChI=1S/C16H23NO7/c1-7-10(14(21)23-6-24-15(22)16(3,4)5)17-11(12(7)19)9(8(2)18)13(17)20/h8-9,11-12,18-19H,6H2,1-5H3/t8-,9-,11+,12+/m1/s1. The zero-order valence-electron chi connectivity index (χ0n) is 14.4. The molecule has 1 saturated heterocycles. The maximum absolute atomic E-state index is 12.2. The van der Waals surface area contributed by atoms with E-state index in [9.17, 15) is 24.6 Å². The Kier molecular flexibility index (Phi) is 4.74. The summed E-state index contributed by atoms with van der Waals surface area (Å²) in [5.74, 6) is -2.57. The molecule has 1 amide bonds. The summed E-state index contributed by atoms with van der Waals surface area (Å²) >= 11 is 0. The van der Waals surface area contributed by atoms with Crippen LogP contribution in [0.1, 0.15) is 34.6 Å². The number of carbonyl (C=O) groups is 3. The predicted molar refractivity (Wildman–Crippen MR) is 81.0 cm³/mol. The number of fused-ring (bicyclic) bond motifs is 1. The van der Waals surface area contributed by atoms with E-state index in [2.05, 4.69) is 0 Å². The molecule has 0 spiro atoms. The number of esters is 2. The van der Waals surface area contributed by atoms with Crippen LogP contribution in [0, 0.1) is 11.3 Å². The number of aliphatic hydroxyl groups is 2. The van der Waals surface area contributed by atoms with Gasteiger partial charge in [0.05, 0.1) is 29.6 Å². The van der Waals surface area contributed by atoms with E-state index in [1.807, 2.05) is 0 Å². The van der Waals surface area contributed by atoms with Crippen molar-refractivity contribution >= 4 is 17.8 Å². The lowest BCUT2D eigenvalue weighted by Crippen LogP contribution is -2.65. The molecule has 134 valence electrons. The van der Waals surface area contributed by atoms with Crippen LogP contribution < -0.4 is 0 Å². The van der Waals surface area contributed by atoms with Gasteiger partial charge in [-0.1, -0.05) is 0 Å². The highest BCUT2D eigenvalue weighted by Gasteiger charge is 2.60. The minimum atomic E-state index is -1.04. The molecular weight excluding hydrogens is 318 g/mol. The van der Waals surface area contributed by atoms with Crippen LogP contribution in [-0.4, -0.2) is 58.0 Å². The van der Waals surface area contributed by atoms with Gasteiger partial charge >= 0.3 is 11.9 Å². The lowest BCUT2D eigenvalue weighted by Gasteiger charge is -2.45. The number of nitrogens with zero attached hydrogens (tertiary/aromatic N) is 1. The Balaban J connectivity index is 2.03. The highest BCUT2D eigenvalue weighted by molar-refractivity contribution is 6.01. The van der Waals surface area contributed by atoms with Crippen LogP contribution in [0.2, 0.25) is 0 Å². The van der Waals surface area contributed by atoms with Gasteiger partial charge in [-0.05, 0) is 40.2 Å². The zero-order valence-corrected chi connectivity index (χ0v) is 14.4. The Morgan fingerprint density at radius 1 is 1.29 bits per heavy atom. The van der Waals surface area contributed by atoms with Crippen molar-refractivity contribution in [2.45, 2.75) is 52.9 Å². The van der Waals surface area contributed by atoms with Crippen molar-refractivity contribution in [3.8, 4) is 0 Å². The summed E-state index contributed by atoms with van der Waals surface area (Å²) in [6.45, 7) is 7.40. The van der Waals surface area contributed by atoms with Gasteiger partial charge in [0.1, 0.15) is 5.70 Å². The molecule has 0 aliphatic carbocycles. The summed E-state index contributed by atoms with van der Waals surface area (Å²) in [5.41, 5.74) is -0.487. The molecule has 0 unspecified atom stereocenters. The largest absolute Gasteiger partial charge is 0.427 e. The van der Waals surface area contributed by atoms with Crippen molar-refractivity contribution in [2.24, 2.45) is 11.3 Å². The van der Waals surface area contributed by atoms with Crippen LogP contribution in [0.25, 0.3) is 0 Å². The van der Waals surface area contributed by atoms with Gasteiger partial charge in [-0.3, -0.25) is 14.5 Å². The third-order valence-electron chi connectivity index (χ3n) is 4.28. The Morgan fingerprint density at radius 2 is 1.88 bits per heavy atom. The summed E-state index contributed by atoms with van der Waals surface area (Å²) in [7, 11) is 0. The van der Waals surface area contributed by atoms with Crippen LogP contribution in [0.5, 0.6) is 0 Å². The lowest BCUT2D eigenvalue weighted by molar-refractivity contribution is -0.176. The number of ether oxygens (including phenoxy) is 2. The topological polar surface area (TPSA) is 113 Å². The number of aliphatic hydroxyl groups excluding tert-OH is 2. The molecular formula is C16H23NO7. The average molecular weight is 341 g/mol. The fourth-order valence-corrected chi connectivity index (χ4v) is 2.89. The van der Waals surface area contributed by atoms with E-state index in [4.69, 9.17) is 9.47 Å². The summed E-state index contributed by atoms with van der Waals surface area (Å²) in [6.07, 6.45) is -1.97. The summed E-state index contributed by atoms with van der Waals surface area (Å²) < 4.78 is 9.75. The van der Waals surface area contributed by atoms with Crippen LogP contribution in [0.4, 0.5) is 0 Å². The van der Waals surface area contributed by atoms with E-state index >= 15 is 0 Å². The summed E-state index contributed by atoms with van der Waals surface area (Å²) in [6, 6.07) is -0.669. The Hall–Kier alpha value is -1.93. The van der Waals surface area contributed by atoms with Gasteiger partial charge in [-0.2, -0.15) is 0 Å². The minimum absolute atomic E-state index is 0.0544. The molecule has 0 bridgehead atoms. The second kappa shape index (κ2) is 6.18. The van der Waals surface area contributed by atoms with E-state index in [0.29, 0.717) is 5.57 Å². The number of β-lactam (4-membered cyclic amide) rings is 1. The average Bonchev–Trinajstić information content (AvgIpc) is 2.67. The van der Waals surface area contributed by atoms with Crippen molar-refractivity contribution in [3.63, 3.8) is 0 Å². The van der Waals surface area contributed by atoms with Crippen LogP contribution in [0.3, 0.4) is 0 Å². The lowest BCUT2D eigenvalue weighted by atomic mass is 9.81. The fraction of sp³-hybridized carbons (Fsp3) is 0.688. The first-order valence-corrected chi connectivity index (χ1v) is 7.72. The van der Waals surface area contributed by atoms with Gasteiger partial charge in [0, 0.05) is 0 Å². The molecule has 0 aromatic heterocycles. The number of amides is 1. The van der Waals surface area contributed by atoms with Crippen molar-refractivity contribution in [1.29, 1.82) is 0 Å². The second-order valence-electron chi connectivity index (χ2n) is 7.17. The molecule has 1 fully saturated rings. The molecule has 2 aliphatic heterocycles. The van der Waals surface area contributed by atoms with Gasteiger partial charge in [0.25, 0.3) is 0 Å². The van der Waals surface area contributed by atoms with Crippen molar-refractivity contribution in [2.75, 3.05) is 6.79 Å². The molecule has 0 aromatic rings. The van der Waals surface area contributed by atoms with E-state index in [0.717, 1.165) is 4.90 Å². The minimum Gasteiger partial charge on any atom is -0.427 e. The Morgan fingerprint density at radius 3 is 2.38 bits per heavy atom. The van der Waals surface area contributed by atoms with E-state index < -0.39 is 54.2 Å². The molecule has 2 N–H and O–H groups in total. The van der Waals surface area contributed by atoms with E-state index in [1.165, 1.54) is 13.8 Å². The zero-order chi connectivity index (χ0) is 18.4. The SMILES string of the molecule is CC1=C(C(=O)OCOC(=O)C(C)(C)C)N2C(=O)[C@H]([C@@H](C)O)[C@H]2[C@H]1O. The Labute approximate surface area is 140 Å². The molecule has 8 heteroatoms. The van der Waals surface area contributed by atoms with Crippen LogP contribution >= 0.6 is 0 Å². The molecule has 0 radical (unpaired) electrons. The number of rotatable bonds is 4. The highest BCUT2D eigenvalue weighted by Crippen LogP contribution is 2.43.